The largest absolute Gasteiger partial charge is 2.00 e. The van der Waals surface area contributed by atoms with E-state index in [0.717, 1.165) is 24.0 Å². The molecule has 0 bridgehead atoms. The molecule has 0 N–H and O–H groups in total. The quantitative estimate of drug-likeness (QED) is 0.694. The van der Waals surface area contributed by atoms with Gasteiger partial charge >= 0.3 is 27.3 Å². The van der Waals surface area contributed by atoms with Gasteiger partial charge in [-0.15, -0.1) is 11.5 Å². The maximum Gasteiger partial charge on any atom is 2.00 e. The van der Waals surface area contributed by atoms with Crippen LogP contribution in [-0.4, -0.2) is 0 Å². The first-order chi connectivity index (χ1) is 10.5. The van der Waals surface area contributed by atoms with E-state index in [9.17, 15) is 10.2 Å². The molecule has 0 saturated carbocycles. The molecular formula is C20H26CdO2. The summed E-state index contributed by atoms with van der Waals surface area (Å²) in [6.45, 7) is 8.35. The number of rotatable bonds is 4. The van der Waals surface area contributed by atoms with Crippen LogP contribution in [0.15, 0.2) is 48.5 Å². The van der Waals surface area contributed by atoms with Crippen LogP contribution >= 0.6 is 0 Å². The zero-order valence-corrected chi connectivity index (χ0v) is 18.7. The Morgan fingerprint density at radius 3 is 1.26 bits per heavy atom. The van der Waals surface area contributed by atoms with Gasteiger partial charge in [0.2, 0.25) is 0 Å². The maximum absolute atomic E-state index is 11.2. The number of hydrogen-bond donors (Lipinski definition) is 0. The molecule has 120 valence electrons. The average molecular weight is 411 g/mol. The van der Waals surface area contributed by atoms with E-state index < -0.39 is 0 Å². The van der Waals surface area contributed by atoms with Crippen LogP contribution in [0, 0.1) is 0 Å². The predicted octanol–water partition coefficient (Wildman–Crippen LogP) is 4.54. The molecule has 2 aromatic rings. The first-order valence-electron chi connectivity index (χ1n) is 8.03. The molecule has 0 radical (unpaired) electrons. The number of hydrogen-bond acceptors (Lipinski definition) is 2. The first-order valence-corrected chi connectivity index (χ1v) is 8.03. The SMILES string of the molecule is CCC(C)c1ccccc1[O-].CCC(C)c1ccccc1[O-].[Cd+2]. The third-order valence-electron chi connectivity index (χ3n) is 4.12. The Labute approximate surface area is 160 Å². The molecule has 0 aromatic heterocycles. The monoisotopic (exact) mass is 412 g/mol. The topological polar surface area (TPSA) is 46.1 Å². The molecule has 0 amide bonds. The standard InChI is InChI=1S/2C10H14O.Cd/c2*1-3-8(2)9-6-4-5-7-10(9)11;/h2*4-8,11H,3H2,1-2H3;/q;;+2/p-2. The summed E-state index contributed by atoms with van der Waals surface area (Å²) in [5, 5.41) is 22.4. The van der Waals surface area contributed by atoms with Gasteiger partial charge in [-0.05, 0) is 24.7 Å². The summed E-state index contributed by atoms with van der Waals surface area (Å²) >= 11 is 0. The van der Waals surface area contributed by atoms with E-state index in [1.165, 1.54) is 0 Å². The smallest absolute Gasteiger partial charge is 0.872 e. The zero-order chi connectivity index (χ0) is 16.5. The second-order valence-electron chi connectivity index (χ2n) is 5.69. The van der Waals surface area contributed by atoms with Crippen LogP contribution in [0.25, 0.3) is 0 Å². The van der Waals surface area contributed by atoms with Crippen molar-refractivity contribution in [3.8, 4) is 11.5 Å². The summed E-state index contributed by atoms with van der Waals surface area (Å²) in [6, 6.07) is 14.5. The third kappa shape index (κ3) is 6.94. The van der Waals surface area contributed by atoms with Gasteiger partial charge in [-0.3, -0.25) is 0 Å². The normalized spacial score (nSPS) is 12.3. The third-order valence-corrected chi connectivity index (χ3v) is 4.12. The van der Waals surface area contributed by atoms with Gasteiger partial charge in [0.05, 0.1) is 0 Å². The molecule has 2 unspecified atom stereocenters. The number of para-hydroxylation sites is 2. The first kappa shape index (κ1) is 22.0. The minimum absolute atomic E-state index is 0. The van der Waals surface area contributed by atoms with Crippen molar-refractivity contribution in [1.29, 1.82) is 0 Å². The molecule has 0 fully saturated rings. The molecule has 2 aromatic carbocycles. The van der Waals surface area contributed by atoms with E-state index >= 15 is 0 Å². The van der Waals surface area contributed by atoms with Gasteiger partial charge < -0.3 is 10.2 Å². The molecule has 2 atom stereocenters. The van der Waals surface area contributed by atoms with Gasteiger partial charge in [0.15, 0.2) is 0 Å². The van der Waals surface area contributed by atoms with E-state index in [4.69, 9.17) is 0 Å². The van der Waals surface area contributed by atoms with E-state index in [1.807, 2.05) is 24.3 Å². The molecule has 0 spiro atoms. The van der Waals surface area contributed by atoms with Crippen molar-refractivity contribution >= 4 is 0 Å². The van der Waals surface area contributed by atoms with Crippen LogP contribution in [0.1, 0.15) is 63.5 Å². The fourth-order valence-electron chi connectivity index (χ4n) is 2.22. The van der Waals surface area contributed by atoms with E-state index in [0.29, 0.717) is 11.8 Å². The number of benzene rings is 2. The average Bonchev–Trinajstić information content (AvgIpc) is 2.55. The zero-order valence-electron chi connectivity index (χ0n) is 14.7. The van der Waals surface area contributed by atoms with Crippen molar-refractivity contribution in [2.45, 2.75) is 52.4 Å². The second kappa shape index (κ2) is 11.5. The molecular weight excluding hydrogens is 385 g/mol. The van der Waals surface area contributed by atoms with Crippen molar-refractivity contribution in [2.75, 3.05) is 0 Å². The summed E-state index contributed by atoms with van der Waals surface area (Å²) in [6.07, 6.45) is 2.05. The Balaban J connectivity index is 0.000000403. The van der Waals surface area contributed by atoms with Crippen molar-refractivity contribution < 1.29 is 37.5 Å². The molecule has 0 aliphatic rings. The molecule has 2 nitrogen and oxygen atoms in total. The Bertz CT molecular complexity index is 518. The van der Waals surface area contributed by atoms with E-state index in [2.05, 4.69) is 27.7 Å². The summed E-state index contributed by atoms with van der Waals surface area (Å²) < 4.78 is 0. The van der Waals surface area contributed by atoms with Crippen molar-refractivity contribution in [3.63, 3.8) is 0 Å². The summed E-state index contributed by atoms with van der Waals surface area (Å²) in [7, 11) is 0. The fourth-order valence-corrected chi connectivity index (χ4v) is 2.22. The predicted molar refractivity (Wildman–Crippen MR) is 89.2 cm³/mol. The van der Waals surface area contributed by atoms with Gasteiger partial charge in [0.25, 0.3) is 0 Å². The molecule has 2 rings (SSSR count). The molecule has 23 heavy (non-hydrogen) atoms. The van der Waals surface area contributed by atoms with Crippen molar-refractivity contribution in [2.24, 2.45) is 0 Å². The minimum Gasteiger partial charge on any atom is -0.872 e. The van der Waals surface area contributed by atoms with Crippen LogP contribution in [0.2, 0.25) is 0 Å². The van der Waals surface area contributed by atoms with Crippen LogP contribution in [0.5, 0.6) is 11.5 Å². The van der Waals surface area contributed by atoms with Crippen molar-refractivity contribution in [1.82, 2.24) is 0 Å². The molecule has 0 saturated heterocycles. The minimum atomic E-state index is 0. The van der Waals surface area contributed by atoms with Gasteiger partial charge in [0.1, 0.15) is 0 Å². The molecule has 0 aliphatic heterocycles. The van der Waals surface area contributed by atoms with Crippen LogP contribution in [-0.2, 0) is 27.3 Å². The van der Waals surface area contributed by atoms with Crippen molar-refractivity contribution in [3.05, 3.63) is 59.7 Å². The van der Waals surface area contributed by atoms with Crippen LogP contribution in [0.3, 0.4) is 0 Å². The fraction of sp³-hybridized carbons (Fsp3) is 0.400. The second-order valence-corrected chi connectivity index (χ2v) is 5.69. The summed E-state index contributed by atoms with van der Waals surface area (Å²) in [4.78, 5) is 0. The Kier molecular flexibility index (Phi) is 11.0. The summed E-state index contributed by atoms with van der Waals surface area (Å²) in [5.41, 5.74) is 1.88. The Morgan fingerprint density at radius 1 is 0.696 bits per heavy atom. The van der Waals surface area contributed by atoms with Crippen LogP contribution < -0.4 is 10.2 Å². The van der Waals surface area contributed by atoms with E-state index in [-0.39, 0.29) is 38.8 Å². The van der Waals surface area contributed by atoms with Gasteiger partial charge in [-0.25, -0.2) is 0 Å². The maximum atomic E-state index is 11.2. The van der Waals surface area contributed by atoms with E-state index in [1.54, 1.807) is 24.3 Å². The van der Waals surface area contributed by atoms with Gasteiger partial charge in [0, 0.05) is 0 Å². The van der Waals surface area contributed by atoms with Crippen LogP contribution in [0.4, 0.5) is 0 Å². The molecule has 3 heteroatoms. The Hall–Kier alpha value is -1.04. The summed E-state index contributed by atoms with van der Waals surface area (Å²) in [5.74, 6) is 1.12. The van der Waals surface area contributed by atoms with Gasteiger partial charge in [-0.1, -0.05) is 87.4 Å². The van der Waals surface area contributed by atoms with Gasteiger partial charge in [-0.2, -0.15) is 0 Å². The molecule has 0 aliphatic carbocycles. The molecule has 0 heterocycles. The Morgan fingerprint density at radius 2 is 1.00 bits per heavy atom.